The second-order valence-electron chi connectivity index (χ2n) is 5.46. The fraction of sp³-hybridized carbons (Fsp3) is 0.438. The van der Waals surface area contributed by atoms with Crippen LogP contribution in [0.3, 0.4) is 0 Å². The fourth-order valence-electron chi connectivity index (χ4n) is 2.98. The molecule has 0 saturated heterocycles. The van der Waals surface area contributed by atoms with Gasteiger partial charge >= 0.3 is 0 Å². The van der Waals surface area contributed by atoms with Gasteiger partial charge in [-0.05, 0) is 31.0 Å². The summed E-state index contributed by atoms with van der Waals surface area (Å²) in [5.41, 5.74) is 8.00. The van der Waals surface area contributed by atoms with Crippen molar-refractivity contribution in [1.82, 2.24) is 9.55 Å². The van der Waals surface area contributed by atoms with Crippen LogP contribution in [0.5, 0.6) is 11.5 Å². The van der Waals surface area contributed by atoms with E-state index in [0.717, 1.165) is 48.0 Å². The SMILES string of the molecule is COc1ccc(OC)c(-c2nc3n(c2N)CCCC3C)c1. The molecule has 1 atom stereocenters. The topological polar surface area (TPSA) is 62.3 Å². The van der Waals surface area contributed by atoms with Crippen molar-refractivity contribution < 1.29 is 9.47 Å². The number of imidazole rings is 1. The second kappa shape index (κ2) is 5.31. The largest absolute Gasteiger partial charge is 0.497 e. The first-order chi connectivity index (χ1) is 10.2. The van der Waals surface area contributed by atoms with Crippen LogP contribution in [0, 0.1) is 0 Å². The van der Waals surface area contributed by atoms with Gasteiger partial charge in [-0.25, -0.2) is 4.98 Å². The lowest BCUT2D eigenvalue weighted by Gasteiger charge is -2.20. The predicted molar refractivity (Wildman–Crippen MR) is 82.8 cm³/mol. The van der Waals surface area contributed by atoms with E-state index in [1.165, 1.54) is 0 Å². The molecule has 1 aromatic heterocycles. The Kier molecular flexibility index (Phi) is 3.49. The van der Waals surface area contributed by atoms with E-state index in [1.54, 1.807) is 14.2 Å². The second-order valence-corrected chi connectivity index (χ2v) is 5.46. The van der Waals surface area contributed by atoms with Crippen LogP contribution < -0.4 is 15.2 Å². The first-order valence-electron chi connectivity index (χ1n) is 7.24. The Hall–Kier alpha value is -2.17. The molecule has 0 fully saturated rings. The number of nitrogens with two attached hydrogens (primary N) is 1. The first kappa shape index (κ1) is 13.8. The van der Waals surface area contributed by atoms with E-state index in [4.69, 9.17) is 20.2 Å². The zero-order chi connectivity index (χ0) is 15.0. The van der Waals surface area contributed by atoms with Crippen molar-refractivity contribution in [2.45, 2.75) is 32.2 Å². The Morgan fingerprint density at radius 2 is 2.10 bits per heavy atom. The third kappa shape index (κ3) is 2.22. The Bertz CT molecular complexity index is 664. The molecule has 1 unspecified atom stereocenters. The maximum atomic E-state index is 6.34. The van der Waals surface area contributed by atoms with Gasteiger partial charge < -0.3 is 19.8 Å². The third-order valence-electron chi connectivity index (χ3n) is 4.16. The van der Waals surface area contributed by atoms with Gasteiger partial charge in [-0.3, -0.25) is 0 Å². The standard InChI is InChI=1S/C16H21N3O2/c1-10-5-4-8-19-15(17)14(18-16(10)19)12-9-11(20-2)6-7-13(12)21-3/h6-7,9-10H,4-5,8,17H2,1-3H3. The number of methoxy groups -OCH3 is 2. The van der Waals surface area contributed by atoms with E-state index in [-0.39, 0.29) is 0 Å². The van der Waals surface area contributed by atoms with E-state index in [0.29, 0.717) is 11.7 Å². The molecule has 1 aromatic carbocycles. The van der Waals surface area contributed by atoms with E-state index in [1.807, 2.05) is 18.2 Å². The lowest BCUT2D eigenvalue weighted by Crippen LogP contribution is -2.15. The molecule has 0 amide bonds. The number of benzene rings is 1. The number of rotatable bonds is 3. The average Bonchev–Trinajstić information content (AvgIpc) is 2.85. The highest BCUT2D eigenvalue weighted by atomic mass is 16.5. The van der Waals surface area contributed by atoms with Gasteiger partial charge in [0, 0.05) is 18.0 Å². The van der Waals surface area contributed by atoms with E-state index >= 15 is 0 Å². The maximum absolute atomic E-state index is 6.34. The highest BCUT2D eigenvalue weighted by Crippen LogP contribution is 2.39. The van der Waals surface area contributed by atoms with Crippen molar-refractivity contribution in [3.63, 3.8) is 0 Å². The molecule has 21 heavy (non-hydrogen) atoms. The van der Waals surface area contributed by atoms with Crippen LogP contribution in [-0.2, 0) is 6.54 Å². The van der Waals surface area contributed by atoms with Crippen LogP contribution in [0.4, 0.5) is 5.82 Å². The van der Waals surface area contributed by atoms with Gasteiger partial charge in [0.25, 0.3) is 0 Å². The van der Waals surface area contributed by atoms with Crippen LogP contribution in [0.25, 0.3) is 11.3 Å². The molecule has 2 N–H and O–H groups in total. The van der Waals surface area contributed by atoms with Crippen LogP contribution in [0.1, 0.15) is 31.5 Å². The minimum atomic E-state index is 0.436. The molecule has 0 bridgehead atoms. The van der Waals surface area contributed by atoms with Gasteiger partial charge in [-0.1, -0.05) is 6.92 Å². The summed E-state index contributed by atoms with van der Waals surface area (Å²) in [5, 5.41) is 0. The summed E-state index contributed by atoms with van der Waals surface area (Å²) in [6.45, 7) is 3.13. The van der Waals surface area contributed by atoms with Gasteiger partial charge in [0.15, 0.2) is 0 Å². The summed E-state index contributed by atoms with van der Waals surface area (Å²) in [4.78, 5) is 4.79. The number of aromatic nitrogens is 2. The minimum Gasteiger partial charge on any atom is -0.497 e. The molecule has 2 heterocycles. The third-order valence-corrected chi connectivity index (χ3v) is 4.16. The van der Waals surface area contributed by atoms with Gasteiger partial charge in [-0.2, -0.15) is 0 Å². The molecule has 2 aromatic rings. The smallest absolute Gasteiger partial charge is 0.131 e. The number of nitrogens with zero attached hydrogens (tertiary/aromatic N) is 2. The van der Waals surface area contributed by atoms with Crippen molar-refractivity contribution in [2.75, 3.05) is 20.0 Å². The number of nitrogen functional groups attached to an aromatic ring is 1. The summed E-state index contributed by atoms with van der Waals surface area (Å²) in [5.74, 6) is 3.74. The average molecular weight is 287 g/mol. The highest BCUT2D eigenvalue weighted by molar-refractivity contribution is 5.77. The Labute approximate surface area is 124 Å². The minimum absolute atomic E-state index is 0.436. The quantitative estimate of drug-likeness (QED) is 0.942. The Balaban J connectivity index is 2.17. The molecule has 5 heteroatoms. The summed E-state index contributed by atoms with van der Waals surface area (Å²) in [7, 11) is 3.30. The molecule has 5 nitrogen and oxygen atoms in total. The predicted octanol–water partition coefficient (Wildman–Crippen LogP) is 3.05. The van der Waals surface area contributed by atoms with E-state index in [9.17, 15) is 0 Å². The van der Waals surface area contributed by atoms with E-state index in [2.05, 4.69) is 11.5 Å². The molecule has 0 spiro atoms. The normalized spacial score (nSPS) is 17.4. The van der Waals surface area contributed by atoms with Crippen LogP contribution >= 0.6 is 0 Å². The van der Waals surface area contributed by atoms with E-state index < -0.39 is 0 Å². The molecule has 0 saturated carbocycles. The zero-order valence-corrected chi connectivity index (χ0v) is 12.7. The fourth-order valence-corrected chi connectivity index (χ4v) is 2.98. The van der Waals surface area contributed by atoms with Crippen molar-refractivity contribution in [3.8, 4) is 22.8 Å². The Morgan fingerprint density at radius 1 is 1.29 bits per heavy atom. The molecule has 0 aliphatic carbocycles. The summed E-state index contributed by atoms with van der Waals surface area (Å²) < 4.78 is 12.9. The van der Waals surface area contributed by atoms with Crippen LogP contribution in [-0.4, -0.2) is 23.8 Å². The van der Waals surface area contributed by atoms with Crippen molar-refractivity contribution in [1.29, 1.82) is 0 Å². The van der Waals surface area contributed by atoms with Crippen molar-refractivity contribution in [2.24, 2.45) is 0 Å². The Morgan fingerprint density at radius 3 is 2.76 bits per heavy atom. The number of ether oxygens (including phenoxy) is 2. The summed E-state index contributed by atoms with van der Waals surface area (Å²) in [6, 6.07) is 5.68. The number of hydrogen-bond donors (Lipinski definition) is 1. The van der Waals surface area contributed by atoms with Crippen LogP contribution in [0.2, 0.25) is 0 Å². The summed E-state index contributed by atoms with van der Waals surface area (Å²) in [6.07, 6.45) is 2.30. The van der Waals surface area contributed by atoms with Gasteiger partial charge in [0.1, 0.15) is 28.8 Å². The van der Waals surface area contributed by atoms with Crippen LogP contribution in [0.15, 0.2) is 18.2 Å². The number of hydrogen-bond acceptors (Lipinski definition) is 4. The van der Waals surface area contributed by atoms with Gasteiger partial charge in [-0.15, -0.1) is 0 Å². The molecule has 3 rings (SSSR count). The maximum Gasteiger partial charge on any atom is 0.131 e. The lowest BCUT2D eigenvalue weighted by molar-refractivity contribution is 0.404. The zero-order valence-electron chi connectivity index (χ0n) is 12.7. The molecule has 1 aliphatic heterocycles. The monoisotopic (exact) mass is 287 g/mol. The molecule has 1 aliphatic rings. The highest BCUT2D eigenvalue weighted by Gasteiger charge is 2.25. The molecule has 112 valence electrons. The van der Waals surface area contributed by atoms with Gasteiger partial charge in [0.05, 0.1) is 14.2 Å². The lowest BCUT2D eigenvalue weighted by atomic mass is 10.0. The molecular formula is C16H21N3O2. The number of fused-ring (bicyclic) bond motifs is 1. The number of anilines is 1. The molecule has 0 radical (unpaired) electrons. The van der Waals surface area contributed by atoms with Crippen molar-refractivity contribution >= 4 is 5.82 Å². The molecular weight excluding hydrogens is 266 g/mol. The van der Waals surface area contributed by atoms with Gasteiger partial charge in [0.2, 0.25) is 0 Å². The summed E-state index contributed by atoms with van der Waals surface area (Å²) >= 11 is 0. The van der Waals surface area contributed by atoms with Crippen molar-refractivity contribution in [3.05, 3.63) is 24.0 Å². The first-order valence-corrected chi connectivity index (χ1v) is 7.24.